The number of nitrogens with zero attached hydrogens (tertiary/aromatic N) is 3. The number of fused-ring (bicyclic) bond motifs is 1. The average molecular weight is 285 g/mol. The van der Waals surface area contributed by atoms with E-state index in [4.69, 9.17) is 0 Å². The molecule has 1 aliphatic rings. The molecule has 0 amide bonds. The van der Waals surface area contributed by atoms with Crippen LogP contribution in [0.1, 0.15) is 47.2 Å². The van der Waals surface area contributed by atoms with E-state index < -0.39 is 5.97 Å². The standard InChI is InChI=1S/C16H19N3O2/c1-11(2)19-15(16(20)21)7-14(17-19)10-18-8-12-5-3-4-6-13(12)9-18/h3-7,11H,8-10H2,1-2H3,(H,20,21). The van der Waals surface area contributed by atoms with Crippen LogP contribution in [0.5, 0.6) is 0 Å². The average Bonchev–Trinajstić information content (AvgIpc) is 3.02. The second-order valence-electron chi connectivity index (χ2n) is 5.78. The van der Waals surface area contributed by atoms with Crippen molar-refractivity contribution in [3.05, 3.63) is 52.8 Å². The maximum atomic E-state index is 11.3. The molecule has 1 aromatic carbocycles. The summed E-state index contributed by atoms with van der Waals surface area (Å²) in [6, 6.07) is 10.1. The minimum Gasteiger partial charge on any atom is -0.477 e. The van der Waals surface area contributed by atoms with Crippen LogP contribution in [0.15, 0.2) is 30.3 Å². The summed E-state index contributed by atoms with van der Waals surface area (Å²) in [5, 5.41) is 13.7. The van der Waals surface area contributed by atoms with E-state index in [1.165, 1.54) is 11.1 Å². The number of hydrogen-bond donors (Lipinski definition) is 1. The van der Waals surface area contributed by atoms with Crippen LogP contribution in [0.25, 0.3) is 0 Å². The highest BCUT2D eigenvalue weighted by Gasteiger charge is 2.21. The van der Waals surface area contributed by atoms with E-state index in [0.717, 1.165) is 18.8 Å². The predicted molar refractivity (Wildman–Crippen MR) is 79.0 cm³/mol. The second-order valence-corrected chi connectivity index (χ2v) is 5.78. The fourth-order valence-electron chi connectivity index (χ4n) is 2.82. The molecule has 3 rings (SSSR count). The van der Waals surface area contributed by atoms with Crippen LogP contribution in [0.4, 0.5) is 0 Å². The highest BCUT2D eigenvalue weighted by molar-refractivity contribution is 5.85. The summed E-state index contributed by atoms with van der Waals surface area (Å²) in [5.74, 6) is -0.924. The van der Waals surface area contributed by atoms with Gasteiger partial charge in [-0.25, -0.2) is 4.79 Å². The molecule has 5 nitrogen and oxygen atoms in total. The maximum absolute atomic E-state index is 11.3. The molecule has 0 saturated carbocycles. The van der Waals surface area contributed by atoms with Crippen LogP contribution < -0.4 is 0 Å². The molecule has 21 heavy (non-hydrogen) atoms. The Morgan fingerprint density at radius 1 is 1.29 bits per heavy atom. The van der Waals surface area contributed by atoms with Gasteiger partial charge in [0, 0.05) is 25.7 Å². The van der Waals surface area contributed by atoms with Gasteiger partial charge in [-0.15, -0.1) is 0 Å². The number of carbonyl (C=O) groups is 1. The molecule has 5 heteroatoms. The van der Waals surface area contributed by atoms with E-state index in [9.17, 15) is 9.90 Å². The molecular weight excluding hydrogens is 266 g/mol. The van der Waals surface area contributed by atoms with E-state index in [-0.39, 0.29) is 11.7 Å². The summed E-state index contributed by atoms with van der Waals surface area (Å²) in [7, 11) is 0. The molecule has 0 saturated heterocycles. The van der Waals surface area contributed by atoms with Gasteiger partial charge in [0.1, 0.15) is 5.69 Å². The van der Waals surface area contributed by atoms with Crippen molar-refractivity contribution in [2.45, 2.75) is 39.5 Å². The number of rotatable bonds is 4. The van der Waals surface area contributed by atoms with Crippen molar-refractivity contribution in [3.8, 4) is 0 Å². The number of hydrogen-bond acceptors (Lipinski definition) is 3. The summed E-state index contributed by atoms with van der Waals surface area (Å²) < 4.78 is 1.58. The number of aromatic nitrogens is 2. The molecule has 0 aliphatic carbocycles. The normalized spacial score (nSPS) is 14.6. The smallest absolute Gasteiger partial charge is 0.354 e. The Kier molecular flexibility index (Phi) is 3.51. The largest absolute Gasteiger partial charge is 0.477 e. The molecule has 1 aromatic heterocycles. The third-order valence-corrected chi connectivity index (χ3v) is 3.79. The first kappa shape index (κ1) is 13.8. The predicted octanol–water partition coefficient (Wildman–Crippen LogP) is 2.68. The van der Waals surface area contributed by atoms with Crippen LogP contribution in [-0.2, 0) is 19.6 Å². The van der Waals surface area contributed by atoms with Crippen molar-refractivity contribution < 1.29 is 9.90 Å². The lowest BCUT2D eigenvalue weighted by Gasteiger charge is -2.12. The zero-order valence-electron chi connectivity index (χ0n) is 12.3. The molecule has 0 unspecified atom stereocenters. The van der Waals surface area contributed by atoms with E-state index in [0.29, 0.717) is 6.54 Å². The Morgan fingerprint density at radius 2 is 1.90 bits per heavy atom. The molecule has 0 fully saturated rings. The molecule has 0 bridgehead atoms. The van der Waals surface area contributed by atoms with Crippen molar-refractivity contribution in [3.63, 3.8) is 0 Å². The van der Waals surface area contributed by atoms with Gasteiger partial charge >= 0.3 is 5.97 Å². The summed E-state index contributed by atoms with van der Waals surface area (Å²) >= 11 is 0. The van der Waals surface area contributed by atoms with E-state index in [1.54, 1.807) is 10.7 Å². The van der Waals surface area contributed by atoms with Crippen molar-refractivity contribution >= 4 is 5.97 Å². The number of carboxylic acid groups (broad SMARTS) is 1. The lowest BCUT2D eigenvalue weighted by atomic mass is 10.1. The summed E-state index contributed by atoms with van der Waals surface area (Å²) in [6.07, 6.45) is 0. The molecule has 0 radical (unpaired) electrons. The van der Waals surface area contributed by atoms with E-state index in [1.807, 2.05) is 13.8 Å². The van der Waals surface area contributed by atoms with Gasteiger partial charge < -0.3 is 5.11 Å². The number of carboxylic acids is 1. The Morgan fingerprint density at radius 3 is 2.38 bits per heavy atom. The highest BCUT2D eigenvalue weighted by Crippen LogP contribution is 2.24. The first-order valence-electron chi connectivity index (χ1n) is 7.15. The van der Waals surface area contributed by atoms with Gasteiger partial charge in [0.2, 0.25) is 0 Å². The zero-order valence-corrected chi connectivity index (χ0v) is 12.3. The van der Waals surface area contributed by atoms with Gasteiger partial charge in [-0.05, 0) is 31.0 Å². The molecule has 0 atom stereocenters. The van der Waals surface area contributed by atoms with Gasteiger partial charge in [-0.1, -0.05) is 24.3 Å². The van der Waals surface area contributed by atoms with Crippen molar-refractivity contribution in [1.82, 2.24) is 14.7 Å². The minimum atomic E-state index is -0.924. The Bertz CT molecular complexity index is 651. The zero-order chi connectivity index (χ0) is 15.0. The third kappa shape index (κ3) is 2.69. The number of aromatic carboxylic acids is 1. The summed E-state index contributed by atoms with van der Waals surface area (Å²) in [5.41, 5.74) is 3.77. The van der Waals surface area contributed by atoms with Gasteiger partial charge in [0.15, 0.2) is 0 Å². The Balaban J connectivity index is 1.78. The van der Waals surface area contributed by atoms with Gasteiger partial charge in [0.25, 0.3) is 0 Å². The molecule has 1 aliphatic heterocycles. The minimum absolute atomic E-state index is 0.0422. The van der Waals surface area contributed by atoms with Crippen LogP contribution in [0, 0.1) is 0 Å². The topological polar surface area (TPSA) is 58.4 Å². The first-order chi connectivity index (χ1) is 10.0. The second kappa shape index (κ2) is 5.33. The molecule has 110 valence electrons. The van der Waals surface area contributed by atoms with Crippen molar-refractivity contribution in [2.24, 2.45) is 0 Å². The fourth-order valence-corrected chi connectivity index (χ4v) is 2.82. The van der Waals surface area contributed by atoms with Gasteiger partial charge in [-0.3, -0.25) is 9.58 Å². The molecule has 1 N–H and O–H groups in total. The lowest BCUT2D eigenvalue weighted by molar-refractivity contribution is 0.0681. The molecule has 2 heterocycles. The SMILES string of the molecule is CC(C)n1nc(CN2Cc3ccccc3C2)cc1C(=O)O. The highest BCUT2D eigenvalue weighted by atomic mass is 16.4. The van der Waals surface area contributed by atoms with Gasteiger partial charge in [-0.2, -0.15) is 5.10 Å². The fraction of sp³-hybridized carbons (Fsp3) is 0.375. The van der Waals surface area contributed by atoms with E-state index >= 15 is 0 Å². The third-order valence-electron chi connectivity index (χ3n) is 3.79. The maximum Gasteiger partial charge on any atom is 0.354 e. The Labute approximate surface area is 123 Å². The molecule has 2 aromatic rings. The number of benzene rings is 1. The van der Waals surface area contributed by atoms with Crippen molar-refractivity contribution in [2.75, 3.05) is 0 Å². The summed E-state index contributed by atoms with van der Waals surface area (Å²) in [6.45, 7) is 6.35. The lowest BCUT2D eigenvalue weighted by Crippen LogP contribution is -2.16. The first-order valence-corrected chi connectivity index (χ1v) is 7.15. The molecular formula is C16H19N3O2. The monoisotopic (exact) mass is 285 g/mol. The van der Waals surface area contributed by atoms with Crippen LogP contribution in [0.2, 0.25) is 0 Å². The van der Waals surface area contributed by atoms with Crippen LogP contribution >= 0.6 is 0 Å². The van der Waals surface area contributed by atoms with Crippen LogP contribution in [-0.4, -0.2) is 25.8 Å². The summed E-state index contributed by atoms with van der Waals surface area (Å²) in [4.78, 5) is 13.6. The van der Waals surface area contributed by atoms with Crippen molar-refractivity contribution in [1.29, 1.82) is 0 Å². The van der Waals surface area contributed by atoms with Crippen LogP contribution in [0.3, 0.4) is 0 Å². The molecule has 0 spiro atoms. The Hall–Kier alpha value is -2.14. The quantitative estimate of drug-likeness (QED) is 0.938. The van der Waals surface area contributed by atoms with E-state index in [2.05, 4.69) is 34.3 Å². The van der Waals surface area contributed by atoms with Gasteiger partial charge in [0.05, 0.1) is 5.69 Å².